The number of ether oxygens (including phenoxy) is 2. The van der Waals surface area contributed by atoms with E-state index < -0.39 is 45.5 Å². The maximum Gasteiger partial charge on any atom is 0.387 e. The number of carbonyl (C=O) groups excluding carboxylic acids is 1. The van der Waals surface area contributed by atoms with Gasteiger partial charge in [-0.25, -0.2) is 13.2 Å². The zero-order valence-corrected chi connectivity index (χ0v) is 15.0. The van der Waals surface area contributed by atoms with Crippen LogP contribution in [0.5, 0.6) is 11.5 Å². The Morgan fingerprint density at radius 1 is 1.14 bits per heavy atom. The average molecular weight is 416 g/mol. The molecule has 0 saturated carbocycles. The lowest BCUT2D eigenvalue weighted by molar-refractivity contribution is -0.0512. The van der Waals surface area contributed by atoms with Crippen LogP contribution >= 0.6 is 0 Å². The second-order valence-corrected chi connectivity index (χ2v) is 6.91. The predicted molar refractivity (Wildman–Crippen MR) is 92.4 cm³/mol. The van der Waals surface area contributed by atoms with Crippen LogP contribution in [0.4, 0.5) is 14.5 Å². The highest BCUT2D eigenvalue weighted by molar-refractivity contribution is 7.92. The van der Waals surface area contributed by atoms with E-state index in [9.17, 15) is 31.9 Å². The van der Waals surface area contributed by atoms with Gasteiger partial charge in [-0.2, -0.15) is 8.78 Å². The van der Waals surface area contributed by atoms with E-state index in [1.165, 1.54) is 12.1 Å². The molecule has 9 nitrogen and oxygen atoms in total. The first-order chi connectivity index (χ1) is 13.0. The van der Waals surface area contributed by atoms with Crippen LogP contribution in [0, 0.1) is 0 Å². The molecule has 150 valence electrons. The fourth-order valence-corrected chi connectivity index (χ4v) is 3.24. The highest BCUT2D eigenvalue weighted by atomic mass is 32.2. The number of halogens is 2. The zero-order chi connectivity index (χ0) is 21.1. The molecule has 0 aliphatic carbocycles. The molecule has 2 aromatic carbocycles. The van der Waals surface area contributed by atoms with E-state index in [4.69, 9.17) is 10.5 Å². The first-order valence-corrected chi connectivity index (χ1v) is 8.86. The fourth-order valence-electron chi connectivity index (χ4n) is 2.17. The van der Waals surface area contributed by atoms with Crippen LogP contribution in [0.25, 0.3) is 0 Å². The number of amides is 1. The number of rotatable bonds is 8. The number of sulfonamides is 1. The Kier molecular flexibility index (Phi) is 6.03. The van der Waals surface area contributed by atoms with Crippen molar-refractivity contribution in [3.63, 3.8) is 0 Å². The third kappa shape index (κ3) is 4.65. The molecule has 2 rings (SSSR count). The number of hydrogen-bond donors (Lipinski definition) is 3. The minimum absolute atomic E-state index is 0.0698. The van der Waals surface area contributed by atoms with E-state index in [2.05, 4.69) is 4.74 Å². The van der Waals surface area contributed by atoms with Gasteiger partial charge >= 0.3 is 12.6 Å². The molecule has 0 heterocycles. The Morgan fingerprint density at radius 2 is 1.75 bits per heavy atom. The Hall–Kier alpha value is -3.41. The van der Waals surface area contributed by atoms with Gasteiger partial charge in [0.15, 0.2) is 11.5 Å². The largest absolute Gasteiger partial charge is 0.493 e. The van der Waals surface area contributed by atoms with Crippen molar-refractivity contribution in [1.29, 1.82) is 0 Å². The second kappa shape index (κ2) is 8.08. The predicted octanol–water partition coefficient (Wildman–Crippen LogP) is 1.89. The van der Waals surface area contributed by atoms with Crippen molar-refractivity contribution in [2.45, 2.75) is 11.5 Å². The molecule has 0 aliphatic heterocycles. The molecule has 0 saturated heterocycles. The van der Waals surface area contributed by atoms with E-state index in [1.54, 1.807) is 0 Å². The lowest BCUT2D eigenvalue weighted by Crippen LogP contribution is -2.17. The molecule has 0 bridgehead atoms. The van der Waals surface area contributed by atoms with E-state index in [0.717, 1.165) is 25.3 Å². The molecule has 4 N–H and O–H groups in total. The van der Waals surface area contributed by atoms with Crippen LogP contribution in [0.1, 0.15) is 20.7 Å². The number of nitrogens with two attached hydrogens (primary N) is 1. The standard InChI is InChI=1S/C16H14F2N2O7S/c1-26-12-7-11(10(15(22)23)6-13(12)27-16(17)18)20-28(24,25)9-4-2-8(3-5-9)14(19)21/h2-7,16,20H,1H3,(H2,19,21)(H,22,23). The number of carboxylic acids is 1. The summed E-state index contributed by atoms with van der Waals surface area (Å²) in [6.07, 6.45) is 0. The second-order valence-electron chi connectivity index (χ2n) is 5.23. The van der Waals surface area contributed by atoms with E-state index in [-0.39, 0.29) is 16.2 Å². The summed E-state index contributed by atoms with van der Waals surface area (Å²) < 4.78 is 61.1. The monoisotopic (exact) mass is 416 g/mol. The van der Waals surface area contributed by atoms with Crippen molar-refractivity contribution in [3.05, 3.63) is 47.5 Å². The summed E-state index contributed by atoms with van der Waals surface area (Å²) in [5.74, 6) is -3.25. The lowest BCUT2D eigenvalue weighted by Gasteiger charge is -2.15. The molecule has 0 aromatic heterocycles. The summed E-state index contributed by atoms with van der Waals surface area (Å²) >= 11 is 0. The quantitative estimate of drug-likeness (QED) is 0.596. The molecule has 0 radical (unpaired) electrons. The number of nitrogens with one attached hydrogen (secondary N) is 1. The molecular formula is C16H14F2N2O7S. The number of alkyl halides is 2. The van der Waals surface area contributed by atoms with Gasteiger partial charge in [0.05, 0.1) is 23.3 Å². The zero-order valence-electron chi connectivity index (χ0n) is 14.2. The normalized spacial score (nSPS) is 11.1. The number of carbonyl (C=O) groups is 2. The van der Waals surface area contributed by atoms with E-state index >= 15 is 0 Å². The number of hydrogen-bond acceptors (Lipinski definition) is 6. The molecule has 0 fully saturated rings. The molecule has 0 atom stereocenters. The van der Waals surface area contributed by atoms with Crippen molar-refractivity contribution in [2.24, 2.45) is 5.73 Å². The van der Waals surface area contributed by atoms with Crippen molar-refractivity contribution in [3.8, 4) is 11.5 Å². The first kappa shape index (κ1) is 20.9. The van der Waals surface area contributed by atoms with Crippen LogP contribution in [-0.4, -0.2) is 39.1 Å². The van der Waals surface area contributed by atoms with Crippen molar-refractivity contribution in [2.75, 3.05) is 11.8 Å². The molecular weight excluding hydrogens is 402 g/mol. The van der Waals surface area contributed by atoms with Gasteiger partial charge < -0.3 is 20.3 Å². The molecule has 0 spiro atoms. The summed E-state index contributed by atoms with van der Waals surface area (Å²) in [6.45, 7) is -3.25. The smallest absolute Gasteiger partial charge is 0.387 e. The topological polar surface area (TPSA) is 145 Å². The van der Waals surface area contributed by atoms with Crippen LogP contribution in [0.15, 0.2) is 41.3 Å². The van der Waals surface area contributed by atoms with Gasteiger partial charge in [0.1, 0.15) is 0 Å². The van der Waals surface area contributed by atoms with Crippen molar-refractivity contribution < 1.29 is 41.4 Å². The van der Waals surface area contributed by atoms with Crippen LogP contribution in [0.2, 0.25) is 0 Å². The number of benzene rings is 2. The number of carboxylic acid groups (broad SMARTS) is 1. The van der Waals surface area contributed by atoms with Gasteiger partial charge in [-0.05, 0) is 24.3 Å². The minimum atomic E-state index is -4.28. The summed E-state index contributed by atoms with van der Waals surface area (Å²) in [5, 5.41) is 9.28. The minimum Gasteiger partial charge on any atom is -0.493 e. The molecule has 28 heavy (non-hydrogen) atoms. The summed E-state index contributed by atoms with van der Waals surface area (Å²) in [4.78, 5) is 22.2. The summed E-state index contributed by atoms with van der Waals surface area (Å²) in [7, 11) is -3.18. The maximum atomic E-state index is 12.5. The van der Waals surface area contributed by atoms with Gasteiger partial charge in [0.25, 0.3) is 10.0 Å². The third-order valence-electron chi connectivity index (χ3n) is 3.44. The molecule has 1 amide bonds. The fraction of sp³-hybridized carbons (Fsp3) is 0.125. The lowest BCUT2D eigenvalue weighted by atomic mass is 10.1. The maximum absolute atomic E-state index is 12.5. The molecule has 0 aliphatic rings. The van der Waals surface area contributed by atoms with Crippen LogP contribution in [-0.2, 0) is 10.0 Å². The molecule has 2 aromatic rings. The third-order valence-corrected chi connectivity index (χ3v) is 4.83. The van der Waals surface area contributed by atoms with Gasteiger partial charge in [0, 0.05) is 17.7 Å². The summed E-state index contributed by atoms with van der Waals surface area (Å²) in [6, 6.07) is 6.14. The van der Waals surface area contributed by atoms with Gasteiger partial charge in [0.2, 0.25) is 5.91 Å². The number of primary amides is 1. The van der Waals surface area contributed by atoms with Crippen LogP contribution in [0.3, 0.4) is 0 Å². The van der Waals surface area contributed by atoms with Crippen molar-refractivity contribution >= 4 is 27.6 Å². The van der Waals surface area contributed by atoms with Gasteiger partial charge in [-0.3, -0.25) is 9.52 Å². The highest BCUT2D eigenvalue weighted by Crippen LogP contribution is 2.35. The van der Waals surface area contributed by atoms with Gasteiger partial charge in [-0.15, -0.1) is 0 Å². The molecule has 12 heteroatoms. The highest BCUT2D eigenvalue weighted by Gasteiger charge is 2.23. The van der Waals surface area contributed by atoms with E-state index in [0.29, 0.717) is 6.07 Å². The Bertz CT molecular complexity index is 1010. The summed E-state index contributed by atoms with van der Waals surface area (Å²) in [5.41, 5.74) is 4.07. The number of aromatic carboxylic acids is 1. The SMILES string of the molecule is COc1cc(NS(=O)(=O)c2ccc(C(N)=O)cc2)c(C(=O)O)cc1OC(F)F. The molecule has 0 unspecified atom stereocenters. The number of anilines is 1. The first-order valence-electron chi connectivity index (χ1n) is 7.38. The van der Waals surface area contributed by atoms with Gasteiger partial charge in [-0.1, -0.05) is 0 Å². The van der Waals surface area contributed by atoms with Crippen molar-refractivity contribution in [1.82, 2.24) is 0 Å². The Morgan fingerprint density at radius 3 is 2.21 bits per heavy atom. The van der Waals surface area contributed by atoms with E-state index in [1.807, 2.05) is 4.72 Å². The average Bonchev–Trinajstić information content (AvgIpc) is 2.61. The number of methoxy groups -OCH3 is 1. The Balaban J connectivity index is 2.48. The van der Waals surface area contributed by atoms with Crippen LogP contribution < -0.4 is 19.9 Å². The Labute approximate surface area is 157 Å².